The molecule has 0 atom stereocenters. The van der Waals surface area contributed by atoms with Crippen molar-refractivity contribution < 1.29 is 20.4 Å². The second kappa shape index (κ2) is 5.33. The van der Waals surface area contributed by atoms with E-state index in [1.165, 1.54) is 0 Å². The molecule has 67 valence electrons. The first-order valence-electron chi connectivity index (χ1n) is 4.30. The van der Waals surface area contributed by atoms with Crippen LogP contribution in [0, 0.1) is 0 Å². The Morgan fingerprint density at radius 2 is 1.46 bits per heavy atom. The van der Waals surface area contributed by atoms with E-state index in [1.54, 1.807) is 11.1 Å². The summed E-state index contributed by atoms with van der Waals surface area (Å²) in [5.74, 6) is 0. The molecule has 0 N–H and O–H groups in total. The van der Waals surface area contributed by atoms with Crippen LogP contribution in [0.4, 0.5) is 0 Å². The van der Waals surface area contributed by atoms with Crippen LogP contribution in [0.3, 0.4) is 0 Å². The zero-order valence-electron chi connectivity index (χ0n) is 7.36. The van der Waals surface area contributed by atoms with E-state index < -0.39 is 0 Å². The van der Waals surface area contributed by atoms with Gasteiger partial charge in [-0.3, -0.25) is 0 Å². The van der Waals surface area contributed by atoms with Crippen molar-refractivity contribution in [2.45, 2.75) is 17.1 Å². The van der Waals surface area contributed by atoms with Crippen LogP contribution < -0.4 is 0 Å². The van der Waals surface area contributed by atoms with Gasteiger partial charge in [-0.15, -0.1) is 24.0 Å². The first-order valence-corrected chi connectivity index (χ1v) is 5.20. The Morgan fingerprint density at radius 3 is 1.77 bits per heavy atom. The summed E-state index contributed by atoms with van der Waals surface area (Å²) in [5, 5.41) is 0. The maximum absolute atomic E-state index is 2.30. The van der Waals surface area contributed by atoms with E-state index in [4.69, 9.17) is 0 Å². The molecule has 0 fully saturated rings. The third kappa shape index (κ3) is 2.68. The van der Waals surface area contributed by atoms with E-state index in [9.17, 15) is 0 Å². The Kier molecular flexibility index (Phi) is 4.70. The van der Waals surface area contributed by atoms with Gasteiger partial charge >= 0.3 is 85.1 Å². The van der Waals surface area contributed by atoms with Gasteiger partial charge in [-0.25, -0.2) is 0 Å². The topological polar surface area (TPSA) is 0 Å². The molecule has 0 amide bonds. The molecule has 0 spiro atoms. The summed E-state index contributed by atoms with van der Waals surface area (Å²) in [7, 11) is 0. The van der Waals surface area contributed by atoms with Crippen molar-refractivity contribution >= 4 is 24.0 Å². The molecule has 13 heavy (non-hydrogen) atoms. The fraction of sp³-hybridized carbons (Fsp3) is 0.273. The van der Waals surface area contributed by atoms with Gasteiger partial charge in [0.15, 0.2) is 0 Å². The number of allylic oxidation sites excluding steroid dienone is 8. The van der Waals surface area contributed by atoms with Crippen LogP contribution in [-0.4, -0.2) is 0 Å². The van der Waals surface area contributed by atoms with Crippen LogP contribution in [0.5, 0.6) is 0 Å². The summed E-state index contributed by atoms with van der Waals surface area (Å²) in [6.45, 7) is 0. The minimum atomic E-state index is 0. The van der Waals surface area contributed by atoms with Gasteiger partial charge < -0.3 is 0 Å². The summed E-state index contributed by atoms with van der Waals surface area (Å²) in [5.41, 5.74) is 3.12. The second-order valence-electron chi connectivity index (χ2n) is 3.18. The Balaban J connectivity index is 0.000000845. The van der Waals surface area contributed by atoms with Gasteiger partial charge in [0.1, 0.15) is 0 Å². The Morgan fingerprint density at radius 1 is 1.00 bits per heavy atom. The van der Waals surface area contributed by atoms with Crippen LogP contribution in [0.25, 0.3) is 0 Å². The van der Waals surface area contributed by atoms with Crippen LogP contribution in [0.2, 0.25) is 4.22 Å². The fourth-order valence-electron chi connectivity index (χ4n) is 1.59. The summed E-state index contributed by atoms with van der Waals surface area (Å²) in [6, 6.07) is 0. The van der Waals surface area contributed by atoms with Crippen molar-refractivity contribution in [1.82, 2.24) is 0 Å². The minimum absolute atomic E-state index is 0. The number of hydrogen-bond donors (Lipinski definition) is 0. The van der Waals surface area contributed by atoms with Gasteiger partial charge in [0, 0.05) is 0 Å². The quantitative estimate of drug-likeness (QED) is 0.538. The molecule has 0 heterocycles. The number of halogens is 1. The Bertz CT molecular complexity index is 267. The van der Waals surface area contributed by atoms with Crippen molar-refractivity contribution in [3.8, 4) is 0 Å². The van der Waals surface area contributed by atoms with Gasteiger partial charge in [-0.2, -0.15) is 0 Å². The normalized spacial score (nSPS) is 18.8. The number of hydrogen-bond acceptors (Lipinski definition) is 0. The molecular weight excluding hydrogens is 307 g/mol. The van der Waals surface area contributed by atoms with Crippen LogP contribution in [0.1, 0.15) is 12.8 Å². The molecule has 2 aliphatic carbocycles. The molecule has 0 nitrogen and oxygen atoms in total. The maximum atomic E-state index is 2.30. The van der Waals surface area contributed by atoms with Gasteiger partial charge in [-0.1, -0.05) is 0 Å². The fourth-order valence-corrected chi connectivity index (χ4v) is 2.26. The molecule has 0 saturated heterocycles. The van der Waals surface area contributed by atoms with Crippen molar-refractivity contribution in [2.75, 3.05) is 0 Å². The molecular formula is C11H12ITi. The predicted octanol–water partition coefficient (Wildman–Crippen LogP) is 3.71. The SMILES string of the molecule is I.[Ti][CH](C1=CC=CC1)C1=CC=CC1. The zero-order chi connectivity index (χ0) is 8.39. The average molecular weight is 319 g/mol. The molecule has 0 saturated carbocycles. The Labute approximate surface area is 108 Å². The molecule has 2 aliphatic rings. The molecule has 0 aromatic carbocycles. The van der Waals surface area contributed by atoms with Gasteiger partial charge in [-0.05, 0) is 0 Å². The molecule has 2 rings (SSSR count). The van der Waals surface area contributed by atoms with Crippen molar-refractivity contribution in [3.63, 3.8) is 0 Å². The number of rotatable bonds is 2. The average Bonchev–Trinajstić information content (AvgIpc) is 2.77. The first kappa shape index (κ1) is 11.5. The standard InChI is InChI=1S/C11H11.HI.Ti/c1-2-6-10(5-1)9-11-7-3-4-8-11;;/h1-5,7,9H,6,8H2;1H;. The molecule has 0 aliphatic heterocycles. The first-order chi connectivity index (χ1) is 5.88. The second-order valence-corrected chi connectivity index (χ2v) is 4.08. The zero-order valence-corrected chi connectivity index (χ0v) is 11.3. The van der Waals surface area contributed by atoms with Crippen LogP contribution >= 0.6 is 24.0 Å². The van der Waals surface area contributed by atoms with Gasteiger partial charge in [0.2, 0.25) is 0 Å². The predicted molar refractivity (Wildman–Crippen MR) is 62.8 cm³/mol. The van der Waals surface area contributed by atoms with E-state index in [-0.39, 0.29) is 24.0 Å². The van der Waals surface area contributed by atoms with Crippen LogP contribution in [0.15, 0.2) is 47.6 Å². The van der Waals surface area contributed by atoms with E-state index in [0.717, 1.165) is 12.8 Å². The summed E-state index contributed by atoms with van der Waals surface area (Å²) in [6.07, 6.45) is 15.6. The third-order valence-corrected chi connectivity index (χ3v) is 3.50. The third-order valence-electron chi connectivity index (χ3n) is 2.34. The molecule has 0 unspecified atom stereocenters. The van der Waals surface area contributed by atoms with E-state index in [0.29, 0.717) is 4.22 Å². The van der Waals surface area contributed by atoms with Crippen molar-refractivity contribution in [3.05, 3.63) is 47.6 Å². The summed E-state index contributed by atoms with van der Waals surface area (Å²) < 4.78 is 0.648. The molecule has 0 radical (unpaired) electrons. The van der Waals surface area contributed by atoms with Gasteiger partial charge in [0.05, 0.1) is 0 Å². The molecule has 0 aromatic rings. The van der Waals surface area contributed by atoms with E-state index >= 15 is 0 Å². The van der Waals surface area contributed by atoms with Gasteiger partial charge in [0.25, 0.3) is 0 Å². The molecule has 0 bridgehead atoms. The van der Waals surface area contributed by atoms with E-state index in [1.807, 2.05) is 0 Å². The van der Waals surface area contributed by atoms with Crippen LogP contribution in [-0.2, 0) is 20.4 Å². The molecule has 2 heteroatoms. The summed E-state index contributed by atoms with van der Waals surface area (Å²) in [4.78, 5) is 0. The Hall–Kier alpha value is 0.404. The molecule has 0 aromatic heterocycles. The monoisotopic (exact) mass is 319 g/mol. The summed E-state index contributed by atoms with van der Waals surface area (Å²) >= 11 is 2.30. The van der Waals surface area contributed by atoms with Crippen molar-refractivity contribution in [2.24, 2.45) is 0 Å². The van der Waals surface area contributed by atoms with Crippen molar-refractivity contribution in [1.29, 1.82) is 0 Å². The van der Waals surface area contributed by atoms with E-state index in [2.05, 4.69) is 56.9 Å².